The Morgan fingerprint density at radius 3 is 2.75 bits per heavy atom. The van der Waals surface area contributed by atoms with Gasteiger partial charge in [-0.15, -0.1) is 0 Å². The van der Waals surface area contributed by atoms with Crippen LogP contribution in [0, 0.1) is 5.92 Å². The van der Waals surface area contributed by atoms with Crippen LogP contribution >= 0.6 is 11.6 Å². The number of carbonyl (C=O) groups excluding carboxylic acids is 1. The molecule has 108 valence electrons. The van der Waals surface area contributed by atoms with Gasteiger partial charge in [0.05, 0.1) is 5.56 Å². The van der Waals surface area contributed by atoms with E-state index in [1.807, 2.05) is 0 Å². The molecule has 2 N–H and O–H groups in total. The zero-order valence-electron chi connectivity index (χ0n) is 11.6. The number of amides is 1. The summed E-state index contributed by atoms with van der Waals surface area (Å²) in [4.78, 5) is 14.9. The van der Waals surface area contributed by atoms with Gasteiger partial charge >= 0.3 is 0 Å². The Bertz CT molecular complexity index is 515. The molecule has 3 nitrogen and oxygen atoms in total. The molecule has 4 heteroatoms. The molecule has 1 amide bonds. The Balaban J connectivity index is 1.85. The maximum atomic E-state index is 12.8. The quantitative estimate of drug-likeness (QED) is 0.802. The first kappa shape index (κ1) is 13.7. The number of hydrogen-bond acceptors (Lipinski definition) is 2. The van der Waals surface area contributed by atoms with E-state index in [0.717, 1.165) is 19.4 Å². The summed E-state index contributed by atoms with van der Waals surface area (Å²) in [6.45, 7) is 0.863. The first-order valence-electron chi connectivity index (χ1n) is 7.53. The molecule has 1 heterocycles. The average Bonchev–Trinajstić information content (AvgIpc) is 2.46. The lowest BCUT2D eigenvalue weighted by atomic mass is 9.78. The lowest BCUT2D eigenvalue weighted by molar-refractivity contribution is 0.0391. The number of nitrogens with zero attached hydrogens (tertiary/aromatic N) is 1. The minimum atomic E-state index is 0.0794. The Hall–Kier alpha value is -1.22. The van der Waals surface area contributed by atoms with Crippen molar-refractivity contribution in [2.24, 2.45) is 5.92 Å². The van der Waals surface area contributed by atoms with E-state index in [4.69, 9.17) is 17.3 Å². The van der Waals surface area contributed by atoms with Crippen molar-refractivity contribution in [2.75, 3.05) is 12.3 Å². The van der Waals surface area contributed by atoms with Gasteiger partial charge in [-0.1, -0.05) is 24.4 Å². The number of likely N-dealkylation sites (tertiary alicyclic amines) is 1. The van der Waals surface area contributed by atoms with Crippen molar-refractivity contribution in [3.05, 3.63) is 28.8 Å². The van der Waals surface area contributed by atoms with Gasteiger partial charge in [-0.2, -0.15) is 0 Å². The van der Waals surface area contributed by atoms with E-state index in [9.17, 15) is 4.79 Å². The molecule has 1 aromatic carbocycles. The van der Waals surface area contributed by atoms with E-state index in [1.165, 1.54) is 25.7 Å². The summed E-state index contributed by atoms with van der Waals surface area (Å²) in [5.74, 6) is 0.769. The standard InChI is InChI=1S/C16H21ClN2O/c17-12-7-8-13(14(18)10-12)16(20)19-9-3-5-11-4-1-2-6-15(11)19/h7-8,10-11,15H,1-6,9,18H2. The van der Waals surface area contributed by atoms with Crippen LogP contribution < -0.4 is 5.73 Å². The summed E-state index contributed by atoms with van der Waals surface area (Å²) >= 11 is 5.91. The number of anilines is 1. The second-order valence-corrected chi connectivity index (χ2v) is 6.42. The minimum absolute atomic E-state index is 0.0794. The van der Waals surface area contributed by atoms with Crippen molar-refractivity contribution >= 4 is 23.2 Å². The maximum Gasteiger partial charge on any atom is 0.256 e. The molecule has 1 saturated heterocycles. The predicted octanol–water partition coefficient (Wildman–Crippen LogP) is 3.72. The fourth-order valence-electron chi connectivity index (χ4n) is 3.76. The van der Waals surface area contributed by atoms with E-state index in [-0.39, 0.29) is 5.91 Å². The second kappa shape index (κ2) is 5.65. The number of fused-ring (bicyclic) bond motifs is 1. The maximum absolute atomic E-state index is 12.8. The summed E-state index contributed by atoms with van der Waals surface area (Å²) < 4.78 is 0. The third-order valence-electron chi connectivity index (χ3n) is 4.75. The van der Waals surface area contributed by atoms with Gasteiger partial charge < -0.3 is 10.6 Å². The van der Waals surface area contributed by atoms with Crippen molar-refractivity contribution in [2.45, 2.75) is 44.6 Å². The van der Waals surface area contributed by atoms with Crippen LogP contribution in [0.1, 0.15) is 48.9 Å². The molecule has 2 fully saturated rings. The molecule has 2 unspecified atom stereocenters. The zero-order chi connectivity index (χ0) is 14.1. The van der Waals surface area contributed by atoms with Crippen molar-refractivity contribution in [3.8, 4) is 0 Å². The molecular weight excluding hydrogens is 272 g/mol. The van der Waals surface area contributed by atoms with Crippen molar-refractivity contribution < 1.29 is 4.79 Å². The topological polar surface area (TPSA) is 46.3 Å². The van der Waals surface area contributed by atoms with Crippen molar-refractivity contribution in [3.63, 3.8) is 0 Å². The van der Waals surface area contributed by atoms with Crippen LogP contribution in [-0.4, -0.2) is 23.4 Å². The van der Waals surface area contributed by atoms with E-state index in [0.29, 0.717) is 28.2 Å². The molecule has 0 aromatic heterocycles. The van der Waals surface area contributed by atoms with Gasteiger partial charge in [0.25, 0.3) is 5.91 Å². The molecule has 0 radical (unpaired) electrons. The van der Waals surface area contributed by atoms with Crippen LogP contribution in [0.15, 0.2) is 18.2 Å². The summed E-state index contributed by atoms with van der Waals surface area (Å²) in [6, 6.07) is 5.58. The molecular formula is C16H21ClN2O. The Morgan fingerprint density at radius 1 is 1.20 bits per heavy atom. The van der Waals surface area contributed by atoms with Gasteiger partial charge in [0.2, 0.25) is 0 Å². The van der Waals surface area contributed by atoms with Crippen LogP contribution in [0.25, 0.3) is 0 Å². The zero-order valence-corrected chi connectivity index (χ0v) is 12.4. The van der Waals surface area contributed by atoms with Gasteiger partial charge in [-0.3, -0.25) is 4.79 Å². The lowest BCUT2D eigenvalue weighted by Crippen LogP contribution is -2.49. The highest BCUT2D eigenvalue weighted by Gasteiger charge is 2.36. The number of carbonyl (C=O) groups is 1. The first-order valence-corrected chi connectivity index (χ1v) is 7.90. The van der Waals surface area contributed by atoms with E-state index in [2.05, 4.69) is 4.90 Å². The van der Waals surface area contributed by atoms with E-state index in [1.54, 1.807) is 18.2 Å². The third-order valence-corrected chi connectivity index (χ3v) is 4.98. The second-order valence-electron chi connectivity index (χ2n) is 5.98. The molecule has 3 rings (SSSR count). The molecule has 20 heavy (non-hydrogen) atoms. The van der Waals surface area contributed by atoms with Crippen molar-refractivity contribution in [1.82, 2.24) is 4.90 Å². The summed E-state index contributed by atoms with van der Waals surface area (Å²) in [6.07, 6.45) is 7.34. The van der Waals surface area contributed by atoms with Gasteiger partial charge in [-0.25, -0.2) is 0 Å². The van der Waals surface area contributed by atoms with Gasteiger partial charge in [0.15, 0.2) is 0 Å². The van der Waals surface area contributed by atoms with Crippen LogP contribution in [0.3, 0.4) is 0 Å². The number of benzene rings is 1. The average molecular weight is 293 g/mol. The normalized spacial score (nSPS) is 26.1. The van der Waals surface area contributed by atoms with Crippen LogP contribution in [0.5, 0.6) is 0 Å². The van der Waals surface area contributed by atoms with E-state index < -0.39 is 0 Å². The number of nitrogen functional groups attached to an aromatic ring is 1. The highest BCUT2D eigenvalue weighted by atomic mass is 35.5. The fourth-order valence-corrected chi connectivity index (χ4v) is 3.94. The van der Waals surface area contributed by atoms with Crippen LogP contribution in [0.4, 0.5) is 5.69 Å². The molecule has 2 aliphatic rings. The SMILES string of the molecule is Nc1cc(Cl)ccc1C(=O)N1CCCC2CCCCC21. The molecule has 0 spiro atoms. The molecule has 1 aliphatic carbocycles. The monoisotopic (exact) mass is 292 g/mol. The highest BCUT2D eigenvalue weighted by molar-refractivity contribution is 6.31. The molecule has 1 aliphatic heterocycles. The number of hydrogen-bond donors (Lipinski definition) is 1. The molecule has 1 aromatic rings. The highest BCUT2D eigenvalue weighted by Crippen LogP contribution is 2.36. The Kier molecular flexibility index (Phi) is 3.88. The minimum Gasteiger partial charge on any atom is -0.398 e. The molecule has 0 bridgehead atoms. The van der Waals surface area contributed by atoms with E-state index >= 15 is 0 Å². The number of piperidine rings is 1. The van der Waals surface area contributed by atoms with Gasteiger partial charge in [0, 0.05) is 23.3 Å². The molecule has 1 saturated carbocycles. The number of rotatable bonds is 1. The number of halogens is 1. The van der Waals surface area contributed by atoms with Gasteiger partial charge in [0.1, 0.15) is 0 Å². The smallest absolute Gasteiger partial charge is 0.256 e. The van der Waals surface area contributed by atoms with Crippen LogP contribution in [0.2, 0.25) is 5.02 Å². The largest absolute Gasteiger partial charge is 0.398 e. The third kappa shape index (κ3) is 2.51. The fraction of sp³-hybridized carbons (Fsp3) is 0.562. The van der Waals surface area contributed by atoms with Crippen LogP contribution in [-0.2, 0) is 0 Å². The molecule has 2 atom stereocenters. The van der Waals surface area contributed by atoms with Gasteiger partial charge in [-0.05, 0) is 49.8 Å². The Morgan fingerprint density at radius 2 is 1.95 bits per heavy atom. The Labute approximate surface area is 125 Å². The summed E-state index contributed by atoms with van der Waals surface area (Å²) in [7, 11) is 0. The van der Waals surface area contributed by atoms with Crippen molar-refractivity contribution in [1.29, 1.82) is 0 Å². The first-order chi connectivity index (χ1) is 9.66. The summed E-state index contributed by atoms with van der Waals surface area (Å²) in [5, 5.41) is 0.577. The lowest BCUT2D eigenvalue weighted by Gasteiger charge is -2.44. The number of nitrogens with two attached hydrogens (primary N) is 1. The predicted molar refractivity (Wildman–Crippen MR) is 81.9 cm³/mol. The summed E-state index contributed by atoms with van der Waals surface area (Å²) in [5.41, 5.74) is 7.05.